The molecule has 322 valence electrons. The number of halogens is 1. The first-order chi connectivity index (χ1) is 30.3. The SMILES string of the molecule is Cc1cc(-n2c3[c-]c(Oc4[c-]c(N5[CH-]N(c6cc(C(C)(C)C)cc(C(C)(C)C)c6)c6c(-c7ccccc7)cccc65)ccc4)ccc3c3ccccc32)ncc1-c1ccc(F)cc1.[Pt]. The Bertz CT molecular complexity index is 3150. The minimum atomic E-state index is -0.263. The van der Waals surface area contributed by atoms with Crippen LogP contribution in [0.3, 0.4) is 0 Å². The molecule has 1 aliphatic heterocycles. The number of ether oxygens (including phenoxy) is 1. The smallest absolute Gasteiger partial charge is 0.135 e. The van der Waals surface area contributed by atoms with Gasteiger partial charge in [-0.25, -0.2) is 9.37 Å². The van der Waals surface area contributed by atoms with E-state index in [0.717, 1.165) is 78.2 Å². The molecule has 64 heavy (non-hydrogen) atoms. The molecule has 0 saturated heterocycles. The summed E-state index contributed by atoms with van der Waals surface area (Å²) in [6.45, 7) is 17.9. The molecule has 10 rings (SSSR count). The fourth-order valence-corrected chi connectivity index (χ4v) is 8.59. The van der Waals surface area contributed by atoms with Gasteiger partial charge >= 0.3 is 0 Å². The van der Waals surface area contributed by atoms with Gasteiger partial charge in [-0.15, -0.1) is 48.1 Å². The van der Waals surface area contributed by atoms with Gasteiger partial charge in [0.1, 0.15) is 11.6 Å². The molecular weight excluding hydrogens is 971 g/mol. The molecule has 0 radical (unpaired) electrons. The largest absolute Gasteiger partial charge is 0.509 e. The van der Waals surface area contributed by atoms with Gasteiger partial charge in [0, 0.05) is 72.5 Å². The molecular formula is C57H48FN4OPt-3. The Balaban J connectivity index is 0.00000518. The van der Waals surface area contributed by atoms with Gasteiger partial charge in [0.15, 0.2) is 0 Å². The maximum absolute atomic E-state index is 13.7. The maximum atomic E-state index is 13.7. The number of fused-ring (bicyclic) bond motifs is 4. The molecule has 0 spiro atoms. The summed E-state index contributed by atoms with van der Waals surface area (Å²) >= 11 is 0. The molecule has 0 amide bonds. The van der Waals surface area contributed by atoms with E-state index in [1.165, 1.54) is 23.3 Å². The number of hydrogen-bond donors (Lipinski definition) is 0. The van der Waals surface area contributed by atoms with Crippen LogP contribution in [0.4, 0.5) is 27.1 Å². The summed E-state index contributed by atoms with van der Waals surface area (Å²) in [6.07, 6.45) is 1.86. The van der Waals surface area contributed by atoms with Crippen molar-refractivity contribution in [3.05, 3.63) is 199 Å². The van der Waals surface area contributed by atoms with Gasteiger partial charge in [0.25, 0.3) is 0 Å². The Hall–Kier alpha value is -6.49. The molecule has 7 heteroatoms. The van der Waals surface area contributed by atoms with Crippen molar-refractivity contribution in [1.82, 2.24) is 9.55 Å². The molecule has 0 saturated carbocycles. The van der Waals surface area contributed by atoms with Gasteiger partial charge in [-0.2, -0.15) is 12.1 Å². The number of rotatable bonds is 7. The van der Waals surface area contributed by atoms with E-state index in [1.807, 2.05) is 30.5 Å². The van der Waals surface area contributed by atoms with Crippen molar-refractivity contribution >= 4 is 44.6 Å². The number of anilines is 4. The second kappa shape index (κ2) is 16.6. The van der Waals surface area contributed by atoms with Crippen molar-refractivity contribution in [3.8, 4) is 39.6 Å². The third-order valence-electron chi connectivity index (χ3n) is 12.0. The van der Waals surface area contributed by atoms with Crippen molar-refractivity contribution in [2.75, 3.05) is 9.80 Å². The standard InChI is InChI=1S/C57H48FN4O.Pt/c1-37-29-54(59-35-50(37)39-23-25-42(58)26-24-39)62-51-21-12-11-19-48(51)49-28-27-46(34-53(49)62)63-45-18-13-17-43(33-45)60-36-61(44-31-40(56(2,3)4)30-41(32-44)57(5,6)7)55-47(20-14-22-52(55)60)38-15-9-8-10-16-38;/h8-32,35-36H,1-7H3;/q-3;. The Morgan fingerprint density at radius 2 is 1.28 bits per heavy atom. The summed E-state index contributed by atoms with van der Waals surface area (Å²) < 4.78 is 22.5. The average Bonchev–Trinajstić information content (AvgIpc) is 3.83. The van der Waals surface area contributed by atoms with E-state index >= 15 is 0 Å². The molecule has 0 N–H and O–H groups in total. The van der Waals surface area contributed by atoms with Crippen LogP contribution in [0.2, 0.25) is 0 Å². The number of nitrogens with zero attached hydrogens (tertiary/aromatic N) is 4. The van der Waals surface area contributed by atoms with Crippen LogP contribution in [-0.2, 0) is 31.9 Å². The van der Waals surface area contributed by atoms with Crippen molar-refractivity contribution in [2.24, 2.45) is 0 Å². The van der Waals surface area contributed by atoms with Crippen LogP contribution in [0.15, 0.2) is 158 Å². The zero-order valence-corrected chi connectivity index (χ0v) is 39.3. The van der Waals surface area contributed by atoms with Crippen LogP contribution in [0.25, 0.3) is 49.9 Å². The monoisotopic (exact) mass is 1020 g/mol. The van der Waals surface area contributed by atoms with Crippen LogP contribution in [-0.4, -0.2) is 9.55 Å². The van der Waals surface area contributed by atoms with Gasteiger partial charge < -0.3 is 19.1 Å². The number of aryl methyl sites for hydroxylation is 1. The van der Waals surface area contributed by atoms with Crippen LogP contribution < -0.4 is 14.5 Å². The molecule has 7 aromatic carbocycles. The summed E-state index contributed by atoms with van der Waals surface area (Å²) in [5.74, 6) is 1.63. The van der Waals surface area contributed by atoms with Crippen molar-refractivity contribution in [1.29, 1.82) is 0 Å². The quantitative estimate of drug-likeness (QED) is 0.149. The number of aromatic nitrogens is 2. The van der Waals surface area contributed by atoms with E-state index < -0.39 is 0 Å². The second-order valence-electron chi connectivity index (χ2n) is 18.5. The first-order valence-corrected chi connectivity index (χ1v) is 21.5. The molecule has 2 aromatic heterocycles. The number of para-hydroxylation sites is 2. The van der Waals surface area contributed by atoms with Crippen LogP contribution in [0, 0.1) is 31.5 Å². The van der Waals surface area contributed by atoms with E-state index in [-0.39, 0.29) is 37.7 Å². The topological polar surface area (TPSA) is 33.5 Å². The fourth-order valence-electron chi connectivity index (χ4n) is 8.59. The van der Waals surface area contributed by atoms with Crippen molar-refractivity contribution < 1.29 is 30.2 Å². The number of benzene rings is 7. The fraction of sp³-hybridized carbons (Fsp3) is 0.158. The zero-order valence-electron chi connectivity index (χ0n) is 37.0. The Morgan fingerprint density at radius 3 is 2.00 bits per heavy atom. The van der Waals surface area contributed by atoms with Gasteiger partial charge in [-0.3, -0.25) is 0 Å². The number of hydrogen-bond acceptors (Lipinski definition) is 4. The van der Waals surface area contributed by atoms with Crippen LogP contribution >= 0.6 is 0 Å². The molecule has 0 aliphatic carbocycles. The first kappa shape index (κ1) is 42.8. The molecule has 0 atom stereocenters. The molecule has 0 bridgehead atoms. The van der Waals surface area contributed by atoms with Gasteiger partial charge in [0.05, 0.1) is 0 Å². The summed E-state index contributed by atoms with van der Waals surface area (Å²) in [7, 11) is 0. The molecule has 0 fully saturated rings. The predicted octanol–water partition coefficient (Wildman–Crippen LogP) is 15.4. The Kier molecular flexibility index (Phi) is 11.1. The zero-order chi connectivity index (χ0) is 43.6. The summed E-state index contributed by atoms with van der Waals surface area (Å²) in [5, 5.41) is 2.14. The van der Waals surface area contributed by atoms with Crippen LogP contribution in [0.5, 0.6) is 11.5 Å². The van der Waals surface area contributed by atoms with Crippen LogP contribution in [0.1, 0.15) is 58.2 Å². The van der Waals surface area contributed by atoms with Crippen molar-refractivity contribution in [3.63, 3.8) is 0 Å². The van der Waals surface area contributed by atoms with Gasteiger partial charge in [-0.1, -0.05) is 126 Å². The third-order valence-corrected chi connectivity index (χ3v) is 12.0. The van der Waals surface area contributed by atoms with E-state index in [9.17, 15) is 4.39 Å². The summed E-state index contributed by atoms with van der Waals surface area (Å²) in [4.78, 5) is 9.50. The van der Waals surface area contributed by atoms with E-state index in [2.05, 4.69) is 185 Å². The third kappa shape index (κ3) is 7.90. The molecule has 3 heterocycles. The minimum absolute atomic E-state index is 0. The summed E-state index contributed by atoms with van der Waals surface area (Å²) in [6, 6.07) is 58.4. The van der Waals surface area contributed by atoms with E-state index in [4.69, 9.17) is 9.72 Å². The normalized spacial score (nSPS) is 12.8. The van der Waals surface area contributed by atoms with Gasteiger partial charge in [-0.05, 0) is 93.4 Å². The molecule has 0 unspecified atom stereocenters. The summed E-state index contributed by atoms with van der Waals surface area (Å²) in [5.41, 5.74) is 13.7. The minimum Gasteiger partial charge on any atom is -0.509 e. The predicted molar refractivity (Wildman–Crippen MR) is 257 cm³/mol. The Labute approximate surface area is 390 Å². The molecule has 1 aliphatic rings. The average molecular weight is 1020 g/mol. The molecule has 9 aromatic rings. The maximum Gasteiger partial charge on any atom is 0.135 e. The number of pyridine rings is 1. The second-order valence-corrected chi connectivity index (χ2v) is 18.5. The Morgan fingerprint density at radius 1 is 0.609 bits per heavy atom. The van der Waals surface area contributed by atoms with E-state index in [1.54, 1.807) is 12.1 Å². The first-order valence-electron chi connectivity index (χ1n) is 21.5. The van der Waals surface area contributed by atoms with Crippen molar-refractivity contribution in [2.45, 2.75) is 59.3 Å². The molecule has 5 nitrogen and oxygen atoms in total. The van der Waals surface area contributed by atoms with Gasteiger partial charge in [0.2, 0.25) is 0 Å². The van der Waals surface area contributed by atoms with E-state index in [0.29, 0.717) is 11.5 Å².